The predicted octanol–water partition coefficient (Wildman–Crippen LogP) is 14.6. The molecule has 2 heterocycles. The average molecular weight is 754 g/mol. The van der Waals surface area contributed by atoms with Crippen molar-refractivity contribution < 1.29 is 4.42 Å². The minimum atomic E-state index is 0.575. The van der Waals surface area contributed by atoms with Gasteiger partial charge in [-0.2, -0.15) is 0 Å². The molecule has 0 aliphatic carbocycles. The molecule has 11 rings (SSSR count). The molecule has 0 atom stereocenters. The molecule has 0 unspecified atom stereocenters. The molecule has 0 amide bonds. The van der Waals surface area contributed by atoms with Gasteiger partial charge in [-0.3, -0.25) is 0 Å². The summed E-state index contributed by atoms with van der Waals surface area (Å²) in [6, 6.07) is 74.0. The quantitative estimate of drug-likeness (QED) is 0.163. The van der Waals surface area contributed by atoms with Gasteiger partial charge < -0.3 is 4.42 Å². The summed E-state index contributed by atoms with van der Waals surface area (Å²) >= 11 is 0. The van der Waals surface area contributed by atoms with Gasteiger partial charge in [0.1, 0.15) is 11.2 Å². The number of benzene rings is 9. The zero-order valence-corrected chi connectivity index (χ0v) is 32.0. The van der Waals surface area contributed by atoms with Crippen molar-refractivity contribution in [3.05, 3.63) is 212 Å². The van der Waals surface area contributed by atoms with Gasteiger partial charge in [0, 0.05) is 27.5 Å². The van der Waals surface area contributed by atoms with E-state index in [1.165, 1.54) is 27.6 Å². The third kappa shape index (κ3) is 6.43. The molecule has 9 aromatic carbocycles. The molecule has 0 saturated carbocycles. The number of aromatic nitrogens is 3. The van der Waals surface area contributed by atoms with Crippen LogP contribution in [0.25, 0.3) is 111 Å². The predicted molar refractivity (Wildman–Crippen MR) is 243 cm³/mol. The van der Waals surface area contributed by atoms with E-state index < -0.39 is 0 Å². The average Bonchev–Trinajstić information content (AvgIpc) is 3.70. The van der Waals surface area contributed by atoms with Crippen molar-refractivity contribution in [3.63, 3.8) is 0 Å². The van der Waals surface area contributed by atoms with E-state index in [2.05, 4.69) is 188 Å². The molecule has 0 radical (unpaired) electrons. The molecule has 0 aliphatic rings. The first kappa shape index (κ1) is 34.3. The molecule has 0 aliphatic heterocycles. The maximum Gasteiger partial charge on any atom is 0.164 e. The van der Waals surface area contributed by atoms with Crippen LogP contribution >= 0.6 is 0 Å². The first-order valence-corrected chi connectivity index (χ1v) is 19.8. The molecule has 0 spiro atoms. The molecule has 2 aromatic heterocycles. The van der Waals surface area contributed by atoms with Gasteiger partial charge in [0.05, 0.1) is 0 Å². The molecule has 0 bridgehead atoms. The summed E-state index contributed by atoms with van der Waals surface area (Å²) in [5, 5.41) is 4.42. The normalized spacial score (nSPS) is 11.4. The van der Waals surface area contributed by atoms with Gasteiger partial charge in [-0.05, 0) is 91.7 Å². The van der Waals surface area contributed by atoms with Crippen LogP contribution in [0.2, 0.25) is 0 Å². The molecule has 0 N–H and O–H groups in total. The van der Waals surface area contributed by atoms with Gasteiger partial charge in [-0.15, -0.1) is 0 Å². The van der Waals surface area contributed by atoms with Crippen LogP contribution in [-0.2, 0) is 0 Å². The van der Waals surface area contributed by atoms with E-state index in [4.69, 9.17) is 19.4 Å². The Morgan fingerprint density at radius 2 is 0.746 bits per heavy atom. The van der Waals surface area contributed by atoms with Gasteiger partial charge >= 0.3 is 0 Å². The van der Waals surface area contributed by atoms with Gasteiger partial charge in [0.25, 0.3) is 0 Å². The van der Waals surface area contributed by atoms with Gasteiger partial charge in [-0.1, -0.05) is 176 Å². The summed E-state index contributed by atoms with van der Waals surface area (Å²) in [7, 11) is 0. The topological polar surface area (TPSA) is 51.8 Å². The maximum atomic E-state index is 6.61. The Kier molecular flexibility index (Phi) is 8.45. The Hall–Kier alpha value is -7.95. The summed E-state index contributed by atoms with van der Waals surface area (Å²) in [5.41, 5.74) is 13.5. The Balaban J connectivity index is 1.05. The first-order valence-electron chi connectivity index (χ1n) is 19.8. The standard InChI is InChI=1S/C55H35N3O/c1-4-14-36(15-5-1)39-20-10-22-42(32-39)48-26-13-27-50-52(48)49-31-29-45(35-51(49)59-50)55-57-53(43-24-11-21-40(33-43)37-16-6-2-7-17-37)56-54(58-55)44-28-30-47-41(34-44)23-12-25-46(47)38-18-8-3-9-19-38/h1-35H. The highest BCUT2D eigenvalue weighted by molar-refractivity contribution is 6.13. The minimum absolute atomic E-state index is 0.575. The van der Waals surface area contributed by atoms with E-state index in [-0.39, 0.29) is 0 Å². The molecule has 0 fully saturated rings. The van der Waals surface area contributed by atoms with E-state index in [9.17, 15) is 0 Å². The van der Waals surface area contributed by atoms with E-state index >= 15 is 0 Å². The zero-order valence-electron chi connectivity index (χ0n) is 32.0. The van der Waals surface area contributed by atoms with E-state index in [0.29, 0.717) is 17.5 Å². The van der Waals surface area contributed by atoms with Crippen LogP contribution in [-0.4, -0.2) is 15.0 Å². The van der Waals surface area contributed by atoms with Crippen molar-refractivity contribution in [1.29, 1.82) is 0 Å². The molecular weight excluding hydrogens is 719 g/mol. The van der Waals surface area contributed by atoms with Crippen LogP contribution in [0.3, 0.4) is 0 Å². The number of hydrogen-bond acceptors (Lipinski definition) is 4. The van der Waals surface area contributed by atoms with Gasteiger partial charge in [-0.25, -0.2) is 15.0 Å². The minimum Gasteiger partial charge on any atom is -0.456 e. The summed E-state index contributed by atoms with van der Waals surface area (Å²) in [5.74, 6) is 1.78. The van der Waals surface area contributed by atoms with Crippen molar-refractivity contribution in [1.82, 2.24) is 15.0 Å². The number of rotatable bonds is 7. The summed E-state index contributed by atoms with van der Waals surface area (Å²) in [4.78, 5) is 15.5. The fourth-order valence-corrected chi connectivity index (χ4v) is 8.23. The van der Waals surface area contributed by atoms with Crippen LogP contribution in [0.15, 0.2) is 217 Å². The summed E-state index contributed by atoms with van der Waals surface area (Å²) in [6.45, 7) is 0. The highest BCUT2D eigenvalue weighted by Crippen LogP contribution is 2.40. The van der Waals surface area contributed by atoms with Crippen molar-refractivity contribution >= 4 is 32.7 Å². The Morgan fingerprint density at radius 3 is 1.41 bits per heavy atom. The first-order chi connectivity index (χ1) is 29.2. The van der Waals surface area contributed by atoms with E-state index in [1.807, 2.05) is 24.3 Å². The second kappa shape index (κ2) is 14.5. The monoisotopic (exact) mass is 753 g/mol. The fraction of sp³-hybridized carbons (Fsp3) is 0. The third-order valence-electron chi connectivity index (χ3n) is 11.1. The molecular formula is C55H35N3O. The molecule has 276 valence electrons. The third-order valence-corrected chi connectivity index (χ3v) is 11.1. The second-order valence-corrected chi connectivity index (χ2v) is 14.8. The van der Waals surface area contributed by atoms with Crippen LogP contribution in [0.1, 0.15) is 0 Å². The molecule has 4 nitrogen and oxygen atoms in total. The van der Waals surface area contributed by atoms with Crippen LogP contribution < -0.4 is 0 Å². The lowest BCUT2D eigenvalue weighted by atomic mass is 9.96. The van der Waals surface area contributed by atoms with Crippen molar-refractivity contribution in [2.24, 2.45) is 0 Å². The SMILES string of the molecule is c1ccc(-c2cccc(-c3nc(-c4ccc5c(-c6ccccc6)cccc5c4)nc(-c4ccc5c(c4)oc4cccc(-c6cccc(-c7ccccc7)c6)c45)n3)c2)cc1. The van der Waals surface area contributed by atoms with E-state index in [0.717, 1.165) is 66.3 Å². The molecule has 4 heteroatoms. The summed E-state index contributed by atoms with van der Waals surface area (Å²) < 4.78 is 6.61. The summed E-state index contributed by atoms with van der Waals surface area (Å²) in [6.07, 6.45) is 0. The molecule has 0 saturated heterocycles. The van der Waals surface area contributed by atoms with Crippen LogP contribution in [0.5, 0.6) is 0 Å². The van der Waals surface area contributed by atoms with Crippen molar-refractivity contribution in [3.8, 4) is 78.7 Å². The van der Waals surface area contributed by atoms with Crippen LogP contribution in [0.4, 0.5) is 0 Å². The number of hydrogen-bond donors (Lipinski definition) is 0. The number of nitrogens with zero attached hydrogens (tertiary/aromatic N) is 3. The van der Waals surface area contributed by atoms with Crippen molar-refractivity contribution in [2.45, 2.75) is 0 Å². The molecule has 59 heavy (non-hydrogen) atoms. The highest BCUT2D eigenvalue weighted by atomic mass is 16.3. The Labute approximate surface area is 341 Å². The second-order valence-electron chi connectivity index (χ2n) is 14.8. The fourth-order valence-electron chi connectivity index (χ4n) is 8.23. The zero-order chi connectivity index (χ0) is 39.1. The van der Waals surface area contributed by atoms with E-state index in [1.54, 1.807) is 0 Å². The lowest BCUT2D eigenvalue weighted by Gasteiger charge is -2.11. The van der Waals surface area contributed by atoms with Crippen LogP contribution in [0, 0.1) is 0 Å². The largest absolute Gasteiger partial charge is 0.456 e. The molecule has 11 aromatic rings. The lowest BCUT2D eigenvalue weighted by molar-refractivity contribution is 0.669. The van der Waals surface area contributed by atoms with Gasteiger partial charge in [0.2, 0.25) is 0 Å². The Morgan fingerprint density at radius 1 is 0.271 bits per heavy atom. The smallest absolute Gasteiger partial charge is 0.164 e. The lowest BCUT2D eigenvalue weighted by Crippen LogP contribution is -2.00. The van der Waals surface area contributed by atoms with Crippen molar-refractivity contribution in [2.75, 3.05) is 0 Å². The number of fused-ring (bicyclic) bond motifs is 4. The maximum absolute atomic E-state index is 6.61. The highest BCUT2D eigenvalue weighted by Gasteiger charge is 2.18. The van der Waals surface area contributed by atoms with Gasteiger partial charge in [0.15, 0.2) is 17.5 Å². The number of furan rings is 1. The Bertz CT molecular complexity index is 3320.